The van der Waals surface area contributed by atoms with Gasteiger partial charge in [-0.05, 0) is 502 Å². The number of rotatable bonds is 16. The normalized spacial score (nSPS) is 11.5. The summed E-state index contributed by atoms with van der Waals surface area (Å²) in [6.45, 7) is 72.6. The van der Waals surface area contributed by atoms with Crippen LogP contribution in [0.15, 0.2) is 146 Å². The van der Waals surface area contributed by atoms with E-state index < -0.39 is 35.3 Å². The van der Waals surface area contributed by atoms with E-state index in [-0.39, 0.29) is 65.3 Å². The van der Waals surface area contributed by atoms with Gasteiger partial charge in [-0.15, -0.1) is 0 Å². The molecule has 12 aromatic carbocycles. The van der Waals surface area contributed by atoms with Crippen LogP contribution < -0.4 is 0 Å². The van der Waals surface area contributed by atoms with E-state index in [2.05, 4.69) is 200 Å². The van der Waals surface area contributed by atoms with Crippen LogP contribution in [0, 0.1) is 180 Å². The first kappa shape index (κ1) is 107. The molecule has 0 radical (unpaired) electrons. The summed E-state index contributed by atoms with van der Waals surface area (Å²) in [5, 5.41) is 66.0. The van der Waals surface area contributed by atoms with Gasteiger partial charge in [0.25, 0.3) is 0 Å². The molecule has 13 nitrogen and oxygen atoms in total. The van der Waals surface area contributed by atoms with E-state index in [1.54, 1.807) is 65.8 Å². The quantitative estimate of drug-likeness (QED) is 0.0231. The van der Waals surface area contributed by atoms with Crippen molar-refractivity contribution in [2.45, 2.75) is 310 Å². The molecular formula is C121H150O13. The Morgan fingerprint density at radius 2 is 0.410 bits per heavy atom. The van der Waals surface area contributed by atoms with Gasteiger partial charge in [0.2, 0.25) is 0 Å². The second-order valence-corrected chi connectivity index (χ2v) is 40.9. The van der Waals surface area contributed by atoms with E-state index in [4.69, 9.17) is 14.2 Å². The maximum absolute atomic E-state index is 11.8. The van der Waals surface area contributed by atoms with Crippen LogP contribution in [0.1, 0.15) is 334 Å². The lowest BCUT2D eigenvalue weighted by atomic mass is 9.76. The number of esters is 1. The summed E-state index contributed by atoms with van der Waals surface area (Å²) in [5.74, 6) is 0.471. The van der Waals surface area contributed by atoms with Crippen molar-refractivity contribution in [3.63, 3.8) is 0 Å². The van der Waals surface area contributed by atoms with E-state index in [0.717, 1.165) is 107 Å². The first-order valence-corrected chi connectivity index (χ1v) is 46.3. The van der Waals surface area contributed by atoms with Gasteiger partial charge in [0.05, 0.1) is 0 Å². The topological polar surface area (TPSA) is 210 Å². The summed E-state index contributed by atoms with van der Waals surface area (Å²) in [6, 6.07) is 52.5. The third-order valence-electron chi connectivity index (χ3n) is 26.1. The van der Waals surface area contributed by atoms with E-state index in [1.807, 2.05) is 126 Å². The largest absolute Gasteiger partial charge is 0.519 e. The molecule has 0 unspecified atom stereocenters. The molecule has 13 heteroatoms. The Hall–Kier alpha value is -12.4. The molecular weight excluding hydrogens is 1660 g/mol. The molecule has 0 saturated carbocycles. The molecule has 0 fully saturated rings. The predicted octanol–water partition coefficient (Wildman–Crippen LogP) is 30.4. The van der Waals surface area contributed by atoms with Crippen molar-refractivity contribution in [1.29, 1.82) is 0 Å². The number of carbonyl (C=O) groups is 3. The SMILES string of the molecule is C.CC(=O)OC(C)(C)C.CC(C)(C)OC(=O)OC(=O)OC(C)(C)C.Cc1cc(C(c2cc(C)c(O)cc2C)c2cc(Cc3cc(C)c(O)c(C(c4cc(C)c(O)cc4C)c4cc(C)c(O)cc4C)c3)cc(C)c2O)c(C)cc1O.Cc1cc(C)c(C(c2cc(C)c(C)cc2C)c2cc(Cc3cc(C)c(C)c(C(c4cc(C)c(C)cc4C)c4cc(C)c(C)cc4C)c3)cc(C)c2C)cc1C. The lowest BCUT2D eigenvalue weighted by Crippen LogP contribution is -2.29. The number of benzene rings is 12. The van der Waals surface area contributed by atoms with Crippen LogP contribution in [-0.2, 0) is 36.6 Å². The minimum Gasteiger partial charge on any atom is -0.508 e. The zero-order valence-electron chi connectivity index (χ0n) is 86.1. The van der Waals surface area contributed by atoms with Crippen LogP contribution in [0.5, 0.6) is 34.5 Å². The maximum atomic E-state index is 11.8. The van der Waals surface area contributed by atoms with Crippen LogP contribution in [0.3, 0.4) is 0 Å². The minimum absolute atomic E-state index is 0. The van der Waals surface area contributed by atoms with Crippen LogP contribution in [-0.4, -0.2) is 65.7 Å². The number of carbonyl (C=O) groups excluding carboxylic acids is 3. The Kier molecular flexibility index (Phi) is 34.3. The molecule has 0 aromatic heterocycles. The molecule has 0 aliphatic carbocycles. The molecule has 12 rings (SSSR count). The number of phenols is 6. The van der Waals surface area contributed by atoms with Gasteiger partial charge in [-0.25, -0.2) is 9.59 Å². The molecule has 12 aromatic rings. The highest BCUT2D eigenvalue weighted by Crippen LogP contribution is 2.49. The maximum Gasteiger partial charge on any atom is 0.519 e. The lowest BCUT2D eigenvalue weighted by molar-refractivity contribution is -0.151. The van der Waals surface area contributed by atoms with Gasteiger partial charge < -0.3 is 49.6 Å². The lowest BCUT2D eigenvalue weighted by Gasteiger charge is -2.28. The van der Waals surface area contributed by atoms with Crippen LogP contribution >= 0.6 is 0 Å². The molecule has 0 spiro atoms. The fraction of sp³-hybridized carbons (Fsp3) is 0.380. The van der Waals surface area contributed by atoms with E-state index in [9.17, 15) is 45.0 Å². The molecule has 0 heterocycles. The van der Waals surface area contributed by atoms with Gasteiger partial charge in [0.15, 0.2) is 0 Å². The summed E-state index contributed by atoms with van der Waals surface area (Å²) in [7, 11) is 0. The second-order valence-electron chi connectivity index (χ2n) is 40.9. The van der Waals surface area contributed by atoms with Crippen LogP contribution in [0.2, 0.25) is 0 Å². The Labute approximate surface area is 801 Å². The van der Waals surface area contributed by atoms with Crippen molar-refractivity contribution in [3.8, 4) is 34.5 Å². The molecule has 712 valence electrons. The summed E-state index contributed by atoms with van der Waals surface area (Å²) >= 11 is 0. The number of hydrogen-bond donors (Lipinski definition) is 6. The standard InChI is InChI=1S/C55H64.C49H52O6.C10H18O5.C6H12O2.CH4/c1-30-17-40(11)48(23-34(30)5)54(49-24-35(6)31(2)18-41(49)12)52-28-46(21-38(9)44(52)15)27-47-22-39(10)45(16)53(29-47)55(50-25-36(7)32(3)19-42(50)13)51-26-37(8)33(4)20-43(51)14;1-24-17-42(50)28(5)13-36(24)46(37-14-29(6)43(51)18-25(37)2)40-22-34(11-32(9)48(40)54)21-35-12-33(10)49(55)41(23-35)47(38-15-30(7)44(52)19-26(38)3)39-16-31(8)45(53)20-27(39)4;1-9(2,3)14-7(11)13-8(12)15-10(4,5)6;1-5(7)8-6(2,3)4;/h17-26,28-29,54-55H,27H2,1-16H3;11-20,22-23,46-47,50-55H,21H2,1-10H3;1-6H3;1-4H3;1H4. The molecule has 134 heavy (non-hydrogen) atoms. The number of hydrogen-bond acceptors (Lipinski definition) is 13. The summed E-state index contributed by atoms with van der Waals surface area (Å²) < 4.78 is 18.6. The molecule has 0 atom stereocenters. The van der Waals surface area contributed by atoms with Gasteiger partial charge in [-0.3, -0.25) is 4.79 Å². The van der Waals surface area contributed by atoms with E-state index in [1.165, 1.54) is 140 Å². The van der Waals surface area contributed by atoms with Crippen molar-refractivity contribution < 1.29 is 64.0 Å². The third-order valence-corrected chi connectivity index (χ3v) is 26.1. The Balaban J connectivity index is 0.000000265. The Bertz CT molecular complexity index is 5490. The molecule has 0 saturated heterocycles. The number of aromatic hydroxyl groups is 6. The number of aryl methyl sites for hydroxylation is 24. The van der Waals surface area contributed by atoms with Gasteiger partial charge >= 0.3 is 18.3 Å². The zero-order valence-corrected chi connectivity index (χ0v) is 86.1. The summed E-state index contributed by atoms with van der Waals surface area (Å²) in [5.41, 5.74) is 46.4. The first-order chi connectivity index (χ1) is 61.6. The molecule has 0 aliphatic heterocycles. The summed E-state index contributed by atoms with van der Waals surface area (Å²) in [4.78, 5) is 32.3. The van der Waals surface area contributed by atoms with Crippen LogP contribution in [0.4, 0.5) is 9.59 Å². The van der Waals surface area contributed by atoms with E-state index >= 15 is 0 Å². The average Bonchev–Trinajstić information content (AvgIpc) is 0.789. The van der Waals surface area contributed by atoms with Gasteiger partial charge in [0.1, 0.15) is 51.3 Å². The minimum atomic E-state index is -1.06. The van der Waals surface area contributed by atoms with Crippen molar-refractivity contribution in [2.24, 2.45) is 0 Å². The van der Waals surface area contributed by atoms with Gasteiger partial charge in [-0.2, -0.15) is 0 Å². The van der Waals surface area contributed by atoms with E-state index in [0.29, 0.717) is 6.42 Å². The first-order valence-electron chi connectivity index (χ1n) is 46.3. The number of phenolic OH excluding ortho intramolecular Hbond substituents is 6. The predicted molar refractivity (Wildman–Crippen MR) is 552 cm³/mol. The third kappa shape index (κ3) is 26.0. The highest BCUT2D eigenvalue weighted by molar-refractivity contribution is 5.77. The average molecular weight is 1810 g/mol. The molecule has 0 amide bonds. The monoisotopic (exact) mass is 1810 g/mol. The molecule has 0 bridgehead atoms. The fourth-order valence-electron chi connectivity index (χ4n) is 18.4. The Morgan fingerprint density at radius 3 is 0.619 bits per heavy atom. The summed E-state index contributed by atoms with van der Waals surface area (Å²) in [6.07, 6.45) is -0.727. The molecule has 0 aliphatic rings. The van der Waals surface area contributed by atoms with Crippen molar-refractivity contribution in [2.75, 3.05) is 0 Å². The Morgan fingerprint density at radius 1 is 0.224 bits per heavy atom. The van der Waals surface area contributed by atoms with Crippen molar-refractivity contribution >= 4 is 18.3 Å². The van der Waals surface area contributed by atoms with Crippen molar-refractivity contribution in [3.05, 3.63) is 379 Å². The van der Waals surface area contributed by atoms with Gasteiger partial charge in [0, 0.05) is 41.7 Å². The second kappa shape index (κ2) is 42.9. The van der Waals surface area contributed by atoms with Crippen LogP contribution in [0.25, 0.3) is 0 Å². The van der Waals surface area contributed by atoms with Gasteiger partial charge in [-0.1, -0.05) is 129 Å². The molecule has 6 N–H and O–H groups in total. The smallest absolute Gasteiger partial charge is 0.508 e. The zero-order chi connectivity index (χ0) is 99.5. The highest BCUT2D eigenvalue weighted by Gasteiger charge is 2.33. The number of ether oxygens (including phenoxy) is 4. The van der Waals surface area contributed by atoms with Crippen molar-refractivity contribution in [1.82, 2.24) is 0 Å². The fourth-order valence-corrected chi connectivity index (χ4v) is 18.4. The highest BCUT2D eigenvalue weighted by atomic mass is 16.8.